The summed E-state index contributed by atoms with van der Waals surface area (Å²) < 4.78 is 21.8. The van der Waals surface area contributed by atoms with E-state index in [-0.39, 0.29) is 5.78 Å². The highest BCUT2D eigenvalue weighted by Crippen LogP contribution is 2.30. The summed E-state index contributed by atoms with van der Waals surface area (Å²) in [6.07, 6.45) is 3.25. The van der Waals surface area contributed by atoms with E-state index in [4.69, 9.17) is 18.9 Å². The number of carbonyl (C=O) groups excluding carboxylic acids is 1. The maximum atomic E-state index is 12.6. The van der Waals surface area contributed by atoms with Crippen molar-refractivity contribution in [3.05, 3.63) is 89.5 Å². The van der Waals surface area contributed by atoms with Crippen molar-refractivity contribution in [1.29, 1.82) is 0 Å². The summed E-state index contributed by atoms with van der Waals surface area (Å²) >= 11 is 0. The minimum absolute atomic E-state index is 0.141. The Morgan fingerprint density at radius 2 is 1.43 bits per heavy atom. The van der Waals surface area contributed by atoms with Gasteiger partial charge in [0.2, 0.25) is 0 Å². The molecule has 0 fully saturated rings. The monoisotopic (exact) mass is 404 g/mol. The van der Waals surface area contributed by atoms with Crippen molar-refractivity contribution in [2.45, 2.75) is 6.61 Å². The van der Waals surface area contributed by atoms with Crippen LogP contribution in [0.25, 0.3) is 6.08 Å². The molecule has 5 nitrogen and oxygen atoms in total. The van der Waals surface area contributed by atoms with Crippen LogP contribution in [-0.4, -0.2) is 27.1 Å². The lowest BCUT2D eigenvalue weighted by atomic mass is 10.1. The van der Waals surface area contributed by atoms with Gasteiger partial charge in [0.15, 0.2) is 28.8 Å². The maximum absolute atomic E-state index is 12.6. The zero-order chi connectivity index (χ0) is 21.3. The van der Waals surface area contributed by atoms with E-state index in [1.165, 1.54) is 6.08 Å². The number of allylic oxidation sites excluding steroid dienone is 1. The molecule has 0 saturated carbocycles. The van der Waals surface area contributed by atoms with Crippen LogP contribution >= 0.6 is 0 Å². The lowest BCUT2D eigenvalue weighted by Gasteiger charge is -2.11. The summed E-state index contributed by atoms with van der Waals surface area (Å²) in [5, 5.41) is 0. The number of ketones is 1. The second kappa shape index (κ2) is 10.2. The Hall–Kier alpha value is -3.73. The Morgan fingerprint density at radius 3 is 2.13 bits per heavy atom. The summed E-state index contributed by atoms with van der Waals surface area (Å²) in [6, 6.07) is 20.5. The standard InChI is InChI=1S/C25H24O5/c1-27-22-13-10-18(15-24(22)28-2)9-12-21(26)20-11-14-23(25(16-20)29-3)30-17-19-7-5-4-6-8-19/h4-16H,17H2,1-3H3. The molecule has 3 aromatic rings. The summed E-state index contributed by atoms with van der Waals surface area (Å²) in [4.78, 5) is 12.6. The van der Waals surface area contributed by atoms with Gasteiger partial charge in [0.1, 0.15) is 6.61 Å². The molecule has 154 valence electrons. The number of ether oxygens (including phenoxy) is 4. The maximum Gasteiger partial charge on any atom is 0.185 e. The Bertz CT molecular complexity index is 1020. The van der Waals surface area contributed by atoms with Crippen LogP contribution in [0.5, 0.6) is 23.0 Å². The summed E-state index contributed by atoms with van der Waals surface area (Å²) in [6.45, 7) is 0.420. The van der Waals surface area contributed by atoms with Gasteiger partial charge in [-0.15, -0.1) is 0 Å². The van der Waals surface area contributed by atoms with Crippen LogP contribution < -0.4 is 18.9 Å². The van der Waals surface area contributed by atoms with Gasteiger partial charge >= 0.3 is 0 Å². The van der Waals surface area contributed by atoms with Crippen LogP contribution in [0.15, 0.2) is 72.8 Å². The fraction of sp³-hybridized carbons (Fsp3) is 0.160. The molecule has 0 N–H and O–H groups in total. The Balaban J connectivity index is 1.72. The zero-order valence-corrected chi connectivity index (χ0v) is 17.3. The van der Waals surface area contributed by atoms with Crippen molar-refractivity contribution >= 4 is 11.9 Å². The van der Waals surface area contributed by atoms with Gasteiger partial charge in [-0.25, -0.2) is 0 Å². The van der Waals surface area contributed by atoms with Crippen molar-refractivity contribution in [3.63, 3.8) is 0 Å². The third-order valence-corrected chi connectivity index (χ3v) is 4.52. The number of hydrogen-bond acceptors (Lipinski definition) is 5. The second-order valence-corrected chi connectivity index (χ2v) is 6.45. The smallest absolute Gasteiger partial charge is 0.185 e. The number of carbonyl (C=O) groups is 1. The molecule has 0 aliphatic carbocycles. The largest absolute Gasteiger partial charge is 0.493 e. The highest BCUT2D eigenvalue weighted by Gasteiger charge is 2.10. The Labute approximate surface area is 176 Å². The molecule has 0 heterocycles. The molecule has 0 saturated heterocycles. The van der Waals surface area contributed by atoms with E-state index >= 15 is 0 Å². The molecule has 0 aliphatic rings. The Kier molecular flexibility index (Phi) is 7.11. The second-order valence-electron chi connectivity index (χ2n) is 6.45. The molecule has 0 bridgehead atoms. The first-order valence-electron chi connectivity index (χ1n) is 9.44. The average Bonchev–Trinajstić information content (AvgIpc) is 2.81. The van der Waals surface area contributed by atoms with E-state index in [1.54, 1.807) is 51.7 Å². The third kappa shape index (κ3) is 5.20. The third-order valence-electron chi connectivity index (χ3n) is 4.52. The minimum Gasteiger partial charge on any atom is -0.493 e. The van der Waals surface area contributed by atoms with Crippen molar-refractivity contribution in [2.24, 2.45) is 0 Å². The molecule has 0 aliphatic heterocycles. The van der Waals surface area contributed by atoms with Crippen molar-refractivity contribution in [3.8, 4) is 23.0 Å². The molecular formula is C25H24O5. The molecule has 0 aromatic heterocycles. The fourth-order valence-corrected chi connectivity index (χ4v) is 2.90. The molecule has 0 unspecified atom stereocenters. The normalized spacial score (nSPS) is 10.6. The van der Waals surface area contributed by atoms with Gasteiger partial charge in [-0.2, -0.15) is 0 Å². The minimum atomic E-state index is -0.141. The average molecular weight is 404 g/mol. The number of hydrogen-bond donors (Lipinski definition) is 0. The van der Waals surface area contributed by atoms with E-state index in [9.17, 15) is 4.79 Å². The molecular weight excluding hydrogens is 380 g/mol. The van der Waals surface area contributed by atoms with Gasteiger partial charge < -0.3 is 18.9 Å². The van der Waals surface area contributed by atoms with Crippen LogP contribution in [0, 0.1) is 0 Å². The molecule has 0 radical (unpaired) electrons. The van der Waals surface area contributed by atoms with E-state index in [1.807, 2.05) is 42.5 Å². The van der Waals surface area contributed by atoms with Crippen molar-refractivity contribution < 1.29 is 23.7 Å². The van der Waals surface area contributed by atoms with Gasteiger partial charge in [-0.05, 0) is 47.5 Å². The van der Waals surface area contributed by atoms with Crippen LogP contribution in [0.4, 0.5) is 0 Å². The Morgan fingerprint density at radius 1 is 0.767 bits per heavy atom. The van der Waals surface area contributed by atoms with Crippen LogP contribution in [0.1, 0.15) is 21.5 Å². The van der Waals surface area contributed by atoms with E-state index in [2.05, 4.69) is 0 Å². The first-order valence-corrected chi connectivity index (χ1v) is 9.44. The first-order chi connectivity index (χ1) is 14.6. The molecule has 30 heavy (non-hydrogen) atoms. The lowest BCUT2D eigenvalue weighted by Crippen LogP contribution is -2.00. The summed E-state index contributed by atoms with van der Waals surface area (Å²) in [5.41, 5.74) is 2.39. The van der Waals surface area contributed by atoms with Gasteiger partial charge in [-0.3, -0.25) is 4.79 Å². The van der Waals surface area contributed by atoms with Gasteiger partial charge in [-0.1, -0.05) is 42.5 Å². The highest BCUT2D eigenvalue weighted by molar-refractivity contribution is 6.07. The van der Waals surface area contributed by atoms with Crippen LogP contribution in [-0.2, 0) is 6.61 Å². The summed E-state index contributed by atoms with van der Waals surface area (Å²) in [5.74, 6) is 2.20. The predicted molar refractivity (Wildman–Crippen MR) is 117 cm³/mol. The zero-order valence-electron chi connectivity index (χ0n) is 17.3. The van der Waals surface area contributed by atoms with E-state index in [0.717, 1.165) is 11.1 Å². The van der Waals surface area contributed by atoms with E-state index in [0.29, 0.717) is 35.2 Å². The quantitative estimate of drug-likeness (QED) is 0.363. The molecule has 5 heteroatoms. The SMILES string of the molecule is COc1ccc(C=CC(=O)c2ccc(OCc3ccccc3)c(OC)c2)cc1OC. The first kappa shape index (κ1) is 21.0. The molecule has 0 atom stereocenters. The lowest BCUT2D eigenvalue weighted by molar-refractivity contribution is 0.104. The van der Waals surface area contributed by atoms with E-state index < -0.39 is 0 Å². The van der Waals surface area contributed by atoms with Crippen molar-refractivity contribution in [1.82, 2.24) is 0 Å². The predicted octanol–water partition coefficient (Wildman–Crippen LogP) is 5.19. The topological polar surface area (TPSA) is 54.0 Å². The fourth-order valence-electron chi connectivity index (χ4n) is 2.90. The number of benzene rings is 3. The highest BCUT2D eigenvalue weighted by atomic mass is 16.5. The molecule has 0 amide bonds. The van der Waals surface area contributed by atoms with Gasteiger partial charge in [0.05, 0.1) is 21.3 Å². The van der Waals surface area contributed by atoms with Gasteiger partial charge in [0, 0.05) is 5.56 Å². The summed E-state index contributed by atoms with van der Waals surface area (Å²) in [7, 11) is 4.71. The number of methoxy groups -OCH3 is 3. The van der Waals surface area contributed by atoms with Crippen LogP contribution in [0.2, 0.25) is 0 Å². The molecule has 3 rings (SSSR count). The molecule has 0 spiro atoms. The molecule has 3 aromatic carbocycles. The van der Waals surface area contributed by atoms with Gasteiger partial charge in [0.25, 0.3) is 0 Å². The number of rotatable bonds is 9. The van der Waals surface area contributed by atoms with Crippen LogP contribution in [0.3, 0.4) is 0 Å². The van der Waals surface area contributed by atoms with Crippen molar-refractivity contribution in [2.75, 3.05) is 21.3 Å².